The van der Waals surface area contributed by atoms with E-state index >= 15 is 0 Å². The molecule has 0 bridgehead atoms. The number of aromatic nitrogens is 3. The molecule has 0 atom stereocenters. The summed E-state index contributed by atoms with van der Waals surface area (Å²) in [5, 5.41) is 8.22. The molecule has 0 saturated heterocycles. The van der Waals surface area contributed by atoms with E-state index in [4.69, 9.17) is 0 Å². The van der Waals surface area contributed by atoms with Crippen molar-refractivity contribution in [3.05, 3.63) is 52.6 Å². The van der Waals surface area contributed by atoms with Gasteiger partial charge in [0.1, 0.15) is 0 Å². The zero-order valence-corrected chi connectivity index (χ0v) is 10.8. The molecule has 88 valence electrons. The Kier molecular flexibility index (Phi) is 2.68. The monoisotopic (exact) mass is 301 g/mol. The van der Waals surface area contributed by atoms with Crippen molar-refractivity contribution in [2.75, 3.05) is 0 Å². The van der Waals surface area contributed by atoms with Gasteiger partial charge in [-0.05, 0) is 24.3 Å². The summed E-state index contributed by atoms with van der Waals surface area (Å²) in [6, 6.07) is 13.1. The second-order valence-corrected chi connectivity index (χ2v) is 4.71. The fourth-order valence-corrected chi connectivity index (χ4v) is 2.27. The fraction of sp³-hybridized carbons (Fsp3) is 0. The molecule has 3 rings (SSSR count). The highest BCUT2D eigenvalue weighted by atomic mass is 79.9. The summed E-state index contributed by atoms with van der Waals surface area (Å²) in [6.07, 6.45) is 0.803. The number of nitrogens with zero attached hydrogens (tertiary/aromatic N) is 3. The predicted octanol–water partition coefficient (Wildman–Crippen LogP) is 2.97. The Morgan fingerprint density at radius 1 is 1.11 bits per heavy atom. The molecule has 5 heteroatoms. The lowest BCUT2D eigenvalue weighted by molar-refractivity contribution is 0.111. The van der Waals surface area contributed by atoms with Gasteiger partial charge in [-0.2, -0.15) is 0 Å². The van der Waals surface area contributed by atoms with E-state index in [0.29, 0.717) is 17.2 Å². The minimum Gasteiger partial charge on any atom is -0.296 e. The van der Waals surface area contributed by atoms with Gasteiger partial charge in [0.15, 0.2) is 17.8 Å². The van der Waals surface area contributed by atoms with Crippen LogP contribution >= 0.6 is 15.9 Å². The molecule has 0 aliphatic carbocycles. The third kappa shape index (κ3) is 1.73. The van der Waals surface area contributed by atoms with Crippen LogP contribution in [0.3, 0.4) is 0 Å². The Morgan fingerprint density at radius 2 is 1.94 bits per heavy atom. The van der Waals surface area contributed by atoms with Gasteiger partial charge in [0.05, 0.1) is 5.69 Å². The van der Waals surface area contributed by atoms with Crippen molar-refractivity contribution in [1.29, 1.82) is 0 Å². The van der Waals surface area contributed by atoms with Crippen LogP contribution < -0.4 is 0 Å². The van der Waals surface area contributed by atoms with Crippen molar-refractivity contribution < 1.29 is 4.79 Å². The summed E-state index contributed by atoms with van der Waals surface area (Å²) in [6.45, 7) is 0. The maximum atomic E-state index is 11.1. The van der Waals surface area contributed by atoms with Crippen LogP contribution in [0.25, 0.3) is 17.0 Å². The first-order chi connectivity index (χ1) is 8.79. The molecular formula is C13H8BrN3O. The molecule has 0 N–H and O–H groups in total. The maximum absolute atomic E-state index is 11.1. The molecule has 0 aliphatic heterocycles. The second-order valence-electron chi connectivity index (χ2n) is 3.80. The average Bonchev–Trinajstić information content (AvgIpc) is 2.82. The van der Waals surface area contributed by atoms with Gasteiger partial charge in [-0.15, -0.1) is 10.2 Å². The SMILES string of the molecule is O=Cc1cccc2nnc(-c3cccc(Br)c3)n12. The van der Waals surface area contributed by atoms with Gasteiger partial charge in [0.2, 0.25) is 0 Å². The second kappa shape index (κ2) is 4.34. The first-order valence-electron chi connectivity index (χ1n) is 5.35. The normalized spacial score (nSPS) is 10.7. The van der Waals surface area contributed by atoms with E-state index in [0.717, 1.165) is 16.3 Å². The highest BCUT2D eigenvalue weighted by Crippen LogP contribution is 2.22. The summed E-state index contributed by atoms with van der Waals surface area (Å²) >= 11 is 3.42. The first kappa shape index (κ1) is 11.1. The van der Waals surface area contributed by atoms with Gasteiger partial charge in [0.25, 0.3) is 0 Å². The van der Waals surface area contributed by atoms with E-state index in [1.165, 1.54) is 0 Å². The highest BCUT2D eigenvalue weighted by Gasteiger charge is 2.10. The van der Waals surface area contributed by atoms with Crippen molar-refractivity contribution in [1.82, 2.24) is 14.6 Å². The average molecular weight is 302 g/mol. The van der Waals surface area contributed by atoms with Crippen LogP contribution in [-0.4, -0.2) is 20.9 Å². The first-order valence-corrected chi connectivity index (χ1v) is 6.14. The van der Waals surface area contributed by atoms with Gasteiger partial charge in [-0.25, -0.2) is 0 Å². The minimum atomic E-state index is 0.535. The fourth-order valence-electron chi connectivity index (χ4n) is 1.87. The molecular weight excluding hydrogens is 294 g/mol. The highest BCUT2D eigenvalue weighted by molar-refractivity contribution is 9.10. The van der Waals surface area contributed by atoms with Gasteiger partial charge < -0.3 is 0 Å². The smallest absolute Gasteiger partial charge is 0.168 e. The number of carbonyl (C=O) groups excluding carboxylic acids is 1. The lowest BCUT2D eigenvalue weighted by Crippen LogP contribution is -1.97. The number of carbonyl (C=O) groups is 1. The molecule has 2 aromatic heterocycles. The summed E-state index contributed by atoms with van der Waals surface area (Å²) < 4.78 is 2.70. The molecule has 0 amide bonds. The molecule has 3 aromatic rings. The largest absolute Gasteiger partial charge is 0.296 e. The van der Waals surface area contributed by atoms with Crippen molar-refractivity contribution in [3.63, 3.8) is 0 Å². The summed E-state index contributed by atoms with van der Waals surface area (Å²) in [7, 11) is 0. The van der Waals surface area contributed by atoms with Crippen LogP contribution in [0.5, 0.6) is 0 Å². The lowest BCUT2D eigenvalue weighted by Gasteiger charge is -2.03. The number of hydrogen-bond donors (Lipinski definition) is 0. The van der Waals surface area contributed by atoms with Gasteiger partial charge in [-0.3, -0.25) is 9.20 Å². The third-order valence-corrected chi connectivity index (χ3v) is 3.16. The Morgan fingerprint density at radius 3 is 2.72 bits per heavy atom. The van der Waals surface area contributed by atoms with E-state index in [2.05, 4.69) is 26.1 Å². The zero-order chi connectivity index (χ0) is 12.5. The van der Waals surface area contributed by atoms with Crippen LogP contribution in [-0.2, 0) is 0 Å². The molecule has 2 heterocycles. The molecule has 18 heavy (non-hydrogen) atoms. The summed E-state index contributed by atoms with van der Waals surface area (Å²) in [5.41, 5.74) is 2.10. The maximum Gasteiger partial charge on any atom is 0.168 e. The number of halogens is 1. The van der Waals surface area contributed by atoms with Crippen LogP contribution in [0.4, 0.5) is 0 Å². The van der Waals surface area contributed by atoms with Crippen molar-refractivity contribution in [2.45, 2.75) is 0 Å². The molecule has 0 saturated carbocycles. The lowest BCUT2D eigenvalue weighted by atomic mass is 10.2. The number of aldehydes is 1. The molecule has 0 aliphatic rings. The van der Waals surface area contributed by atoms with E-state index in [-0.39, 0.29) is 0 Å². The number of pyridine rings is 1. The van der Waals surface area contributed by atoms with Crippen LogP contribution in [0.15, 0.2) is 46.9 Å². The molecule has 0 radical (unpaired) electrons. The van der Waals surface area contributed by atoms with Crippen LogP contribution in [0, 0.1) is 0 Å². The quantitative estimate of drug-likeness (QED) is 0.684. The molecule has 0 unspecified atom stereocenters. The zero-order valence-electron chi connectivity index (χ0n) is 9.25. The van der Waals surface area contributed by atoms with Crippen molar-refractivity contribution in [3.8, 4) is 11.4 Å². The predicted molar refractivity (Wildman–Crippen MR) is 71.5 cm³/mol. The third-order valence-electron chi connectivity index (χ3n) is 2.66. The van der Waals surface area contributed by atoms with E-state index in [1.807, 2.05) is 30.3 Å². The summed E-state index contributed by atoms with van der Waals surface area (Å²) in [5.74, 6) is 0.661. The minimum absolute atomic E-state index is 0.535. The topological polar surface area (TPSA) is 47.3 Å². The van der Waals surface area contributed by atoms with E-state index in [9.17, 15) is 4.79 Å². The van der Waals surface area contributed by atoms with Gasteiger partial charge in [-0.1, -0.05) is 34.1 Å². The number of fused-ring (bicyclic) bond motifs is 1. The Bertz CT molecular complexity index is 736. The summed E-state index contributed by atoms with van der Waals surface area (Å²) in [4.78, 5) is 11.1. The number of hydrogen-bond acceptors (Lipinski definition) is 3. The van der Waals surface area contributed by atoms with Gasteiger partial charge >= 0.3 is 0 Å². The van der Waals surface area contributed by atoms with Crippen molar-refractivity contribution >= 4 is 27.9 Å². The molecule has 1 aromatic carbocycles. The van der Waals surface area contributed by atoms with Crippen LogP contribution in [0.1, 0.15) is 10.5 Å². The Balaban J connectivity index is 2.33. The van der Waals surface area contributed by atoms with E-state index in [1.54, 1.807) is 16.5 Å². The van der Waals surface area contributed by atoms with Crippen LogP contribution in [0.2, 0.25) is 0 Å². The molecule has 0 spiro atoms. The van der Waals surface area contributed by atoms with E-state index < -0.39 is 0 Å². The standard InChI is InChI=1S/C13H8BrN3O/c14-10-4-1-3-9(7-10)13-16-15-12-6-2-5-11(8-18)17(12)13/h1-8H. The van der Waals surface area contributed by atoms with Crippen molar-refractivity contribution in [2.24, 2.45) is 0 Å². The molecule has 4 nitrogen and oxygen atoms in total. The number of rotatable bonds is 2. The Labute approximate surface area is 111 Å². The Hall–Kier alpha value is -2.01. The van der Waals surface area contributed by atoms with Gasteiger partial charge in [0, 0.05) is 10.0 Å². The number of benzene rings is 1. The molecule has 0 fully saturated rings.